The monoisotopic (exact) mass is 197 g/mol. The first-order chi connectivity index (χ1) is 7.13. The summed E-state index contributed by atoms with van der Waals surface area (Å²) in [4.78, 5) is 0. The number of nitrogen functional groups attached to an aromatic ring is 1. The maximum absolute atomic E-state index is 6.03. The third-order valence-corrected chi connectivity index (χ3v) is 2.79. The van der Waals surface area contributed by atoms with Crippen molar-refractivity contribution < 1.29 is 0 Å². The molecule has 2 aromatic rings. The Bertz CT molecular complexity index is 539. The number of aryl methyl sites for hydroxylation is 2. The molecule has 0 amide bonds. The van der Waals surface area contributed by atoms with Crippen LogP contribution in [0.2, 0.25) is 0 Å². The smallest absolute Gasteiger partial charge is 0.0423 e. The summed E-state index contributed by atoms with van der Waals surface area (Å²) in [5, 5.41) is 2.41. The summed E-state index contributed by atoms with van der Waals surface area (Å²) in [6.45, 7) is 7.95. The van der Waals surface area contributed by atoms with Crippen molar-refractivity contribution in [2.45, 2.75) is 13.8 Å². The molecule has 2 N–H and O–H groups in total. The third-order valence-electron chi connectivity index (χ3n) is 2.79. The Balaban J connectivity index is 2.94. The van der Waals surface area contributed by atoms with Gasteiger partial charge in [-0.2, -0.15) is 0 Å². The van der Waals surface area contributed by atoms with Gasteiger partial charge in [0.1, 0.15) is 0 Å². The molecule has 0 saturated heterocycles. The molecule has 0 fully saturated rings. The Morgan fingerprint density at radius 3 is 2.60 bits per heavy atom. The lowest BCUT2D eigenvalue weighted by molar-refractivity contribution is 1.46. The Morgan fingerprint density at radius 2 is 1.93 bits per heavy atom. The molecule has 2 rings (SSSR count). The van der Waals surface area contributed by atoms with E-state index in [1.807, 2.05) is 13.0 Å². The first-order valence-corrected chi connectivity index (χ1v) is 5.05. The Labute approximate surface area is 90.2 Å². The van der Waals surface area contributed by atoms with Gasteiger partial charge in [-0.05, 0) is 36.2 Å². The van der Waals surface area contributed by atoms with Crippen molar-refractivity contribution in [2.24, 2.45) is 0 Å². The zero-order chi connectivity index (χ0) is 11.0. The molecule has 0 aliphatic rings. The topological polar surface area (TPSA) is 26.0 Å². The molecule has 0 radical (unpaired) electrons. The molecule has 15 heavy (non-hydrogen) atoms. The van der Waals surface area contributed by atoms with E-state index in [0.29, 0.717) is 0 Å². The third kappa shape index (κ3) is 1.50. The van der Waals surface area contributed by atoms with Crippen molar-refractivity contribution >= 4 is 22.5 Å². The highest BCUT2D eigenvalue weighted by molar-refractivity contribution is 5.96. The Kier molecular flexibility index (Phi) is 2.24. The summed E-state index contributed by atoms with van der Waals surface area (Å²) >= 11 is 0. The van der Waals surface area contributed by atoms with Gasteiger partial charge in [-0.1, -0.05) is 36.4 Å². The Hall–Kier alpha value is -1.76. The van der Waals surface area contributed by atoms with Gasteiger partial charge in [0, 0.05) is 11.3 Å². The van der Waals surface area contributed by atoms with Crippen LogP contribution in [0.4, 0.5) is 5.69 Å². The maximum atomic E-state index is 6.03. The van der Waals surface area contributed by atoms with Gasteiger partial charge >= 0.3 is 0 Å². The lowest BCUT2D eigenvalue weighted by atomic mass is 9.98. The molecular weight excluding hydrogens is 182 g/mol. The van der Waals surface area contributed by atoms with Crippen LogP contribution < -0.4 is 5.73 Å². The second-order valence-corrected chi connectivity index (χ2v) is 3.95. The highest BCUT2D eigenvalue weighted by atomic mass is 14.6. The average molecular weight is 197 g/mol. The molecule has 0 heterocycles. The first kappa shape index (κ1) is 9.78. The van der Waals surface area contributed by atoms with Crippen LogP contribution >= 0.6 is 0 Å². The van der Waals surface area contributed by atoms with Gasteiger partial charge in [0.2, 0.25) is 0 Å². The lowest BCUT2D eigenvalue weighted by Gasteiger charge is -2.10. The quantitative estimate of drug-likeness (QED) is 0.693. The summed E-state index contributed by atoms with van der Waals surface area (Å²) in [5.41, 5.74) is 10.3. The summed E-state index contributed by atoms with van der Waals surface area (Å²) in [7, 11) is 0. The van der Waals surface area contributed by atoms with Gasteiger partial charge in [0.15, 0.2) is 0 Å². The highest BCUT2D eigenvalue weighted by Crippen LogP contribution is 2.29. The first-order valence-electron chi connectivity index (χ1n) is 5.05. The fourth-order valence-corrected chi connectivity index (χ4v) is 1.94. The van der Waals surface area contributed by atoms with Crippen molar-refractivity contribution in [1.82, 2.24) is 0 Å². The van der Waals surface area contributed by atoms with E-state index < -0.39 is 0 Å². The van der Waals surface area contributed by atoms with Crippen LogP contribution in [0, 0.1) is 13.8 Å². The summed E-state index contributed by atoms with van der Waals surface area (Å²) in [5.74, 6) is 0. The van der Waals surface area contributed by atoms with Crippen LogP contribution in [-0.2, 0) is 0 Å². The molecule has 0 bridgehead atoms. The fraction of sp³-hybridized carbons (Fsp3) is 0.143. The number of hydrogen-bond donors (Lipinski definition) is 1. The molecule has 0 spiro atoms. The predicted octanol–water partition coefficient (Wildman–Crippen LogP) is 3.68. The minimum atomic E-state index is 0.835. The molecular formula is C14H15N. The van der Waals surface area contributed by atoms with E-state index in [1.54, 1.807) is 0 Å². The Morgan fingerprint density at radius 1 is 1.20 bits per heavy atom. The van der Waals surface area contributed by atoms with Gasteiger partial charge in [0.25, 0.3) is 0 Å². The minimum Gasteiger partial charge on any atom is -0.398 e. The summed E-state index contributed by atoms with van der Waals surface area (Å²) in [6, 6.07) is 8.51. The van der Waals surface area contributed by atoms with E-state index in [0.717, 1.165) is 16.8 Å². The molecule has 0 aliphatic carbocycles. The zero-order valence-electron chi connectivity index (χ0n) is 9.17. The van der Waals surface area contributed by atoms with E-state index in [2.05, 4.69) is 37.8 Å². The SMILES string of the molecule is C=Cc1c(N)c(C)cc2cc(C)ccc12. The van der Waals surface area contributed by atoms with Crippen LogP contribution in [-0.4, -0.2) is 0 Å². The summed E-state index contributed by atoms with van der Waals surface area (Å²) in [6.07, 6.45) is 1.83. The van der Waals surface area contributed by atoms with E-state index in [9.17, 15) is 0 Å². The average Bonchev–Trinajstić information content (AvgIpc) is 2.20. The molecule has 0 aromatic heterocycles. The number of nitrogens with two attached hydrogens (primary N) is 1. The van der Waals surface area contributed by atoms with Crippen molar-refractivity contribution in [2.75, 3.05) is 5.73 Å². The van der Waals surface area contributed by atoms with E-state index in [1.165, 1.54) is 16.3 Å². The number of hydrogen-bond acceptors (Lipinski definition) is 1. The molecule has 76 valence electrons. The van der Waals surface area contributed by atoms with Gasteiger partial charge in [-0.15, -0.1) is 0 Å². The van der Waals surface area contributed by atoms with Gasteiger partial charge in [-0.25, -0.2) is 0 Å². The maximum Gasteiger partial charge on any atom is 0.0423 e. The minimum absolute atomic E-state index is 0.835. The molecule has 2 aromatic carbocycles. The van der Waals surface area contributed by atoms with Gasteiger partial charge in [-0.3, -0.25) is 0 Å². The van der Waals surface area contributed by atoms with Crippen LogP contribution in [0.1, 0.15) is 16.7 Å². The number of anilines is 1. The molecule has 0 aliphatic heterocycles. The fourth-order valence-electron chi connectivity index (χ4n) is 1.94. The summed E-state index contributed by atoms with van der Waals surface area (Å²) < 4.78 is 0. The molecule has 1 nitrogen and oxygen atoms in total. The van der Waals surface area contributed by atoms with Gasteiger partial charge < -0.3 is 5.73 Å². The molecule has 0 saturated carbocycles. The standard InChI is InChI=1S/C14H15N/c1-4-12-13-6-5-9(2)7-11(13)8-10(3)14(12)15/h4-8H,1,15H2,2-3H3. The van der Waals surface area contributed by atoms with Crippen molar-refractivity contribution in [3.63, 3.8) is 0 Å². The zero-order valence-corrected chi connectivity index (χ0v) is 9.17. The molecule has 0 atom stereocenters. The van der Waals surface area contributed by atoms with Crippen molar-refractivity contribution in [3.8, 4) is 0 Å². The second-order valence-electron chi connectivity index (χ2n) is 3.95. The van der Waals surface area contributed by atoms with E-state index >= 15 is 0 Å². The highest BCUT2D eigenvalue weighted by Gasteiger charge is 2.05. The number of rotatable bonds is 1. The normalized spacial score (nSPS) is 10.5. The van der Waals surface area contributed by atoms with Crippen LogP contribution in [0.3, 0.4) is 0 Å². The van der Waals surface area contributed by atoms with E-state index in [-0.39, 0.29) is 0 Å². The number of benzene rings is 2. The predicted molar refractivity (Wildman–Crippen MR) is 67.9 cm³/mol. The lowest BCUT2D eigenvalue weighted by Crippen LogP contribution is -1.94. The number of fused-ring (bicyclic) bond motifs is 1. The van der Waals surface area contributed by atoms with Crippen molar-refractivity contribution in [3.05, 3.63) is 47.5 Å². The second kappa shape index (κ2) is 3.43. The van der Waals surface area contributed by atoms with Crippen LogP contribution in [0.5, 0.6) is 0 Å². The van der Waals surface area contributed by atoms with E-state index in [4.69, 9.17) is 5.73 Å². The van der Waals surface area contributed by atoms with Crippen LogP contribution in [0.15, 0.2) is 30.8 Å². The molecule has 0 unspecified atom stereocenters. The van der Waals surface area contributed by atoms with Gasteiger partial charge in [0.05, 0.1) is 0 Å². The van der Waals surface area contributed by atoms with Crippen molar-refractivity contribution in [1.29, 1.82) is 0 Å². The largest absolute Gasteiger partial charge is 0.398 e. The van der Waals surface area contributed by atoms with Crippen LogP contribution in [0.25, 0.3) is 16.8 Å². The molecule has 1 heteroatoms.